The van der Waals surface area contributed by atoms with Gasteiger partial charge in [0.25, 0.3) is 0 Å². The Kier molecular flexibility index (Phi) is 7.76. The molecule has 1 aliphatic rings. The van der Waals surface area contributed by atoms with E-state index in [1.165, 1.54) is 5.56 Å². The molecule has 0 fully saturated rings. The fraction of sp³-hybridized carbons (Fsp3) is 0.148. The maximum atomic E-state index is 5.85. The molecule has 0 radical (unpaired) electrons. The zero-order valence-electron chi connectivity index (χ0n) is 19.5. The average molecular weight is 441 g/mol. The number of hydrogen-bond donors (Lipinski definition) is 4. The Morgan fingerprint density at radius 1 is 1.00 bits per heavy atom. The number of aliphatic imine (C=N–C) groups is 1. The van der Waals surface area contributed by atoms with E-state index in [0.29, 0.717) is 17.5 Å². The van der Waals surface area contributed by atoms with E-state index in [0.717, 1.165) is 34.7 Å². The number of anilines is 3. The summed E-state index contributed by atoms with van der Waals surface area (Å²) in [5.74, 6) is 1.16. The highest BCUT2D eigenvalue weighted by molar-refractivity contribution is 6.11. The molecular formula is C27H32N6. The molecule has 0 saturated carbocycles. The summed E-state index contributed by atoms with van der Waals surface area (Å²) in [6.07, 6.45) is 0.948. The fourth-order valence-electron chi connectivity index (χ4n) is 3.46. The van der Waals surface area contributed by atoms with Gasteiger partial charge < -0.3 is 11.1 Å². The highest BCUT2D eigenvalue weighted by Gasteiger charge is 2.25. The summed E-state index contributed by atoms with van der Waals surface area (Å²) in [5.41, 5.74) is 18.6. The maximum Gasteiger partial charge on any atom is 0.227 e. The van der Waals surface area contributed by atoms with Crippen LogP contribution < -0.4 is 26.8 Å². The number of aryl methyl sites for hydroxylation is 1. The normalized spacial score (nSPS) is 12.0. The van der Waals surface area contributed by atoms with Crippen molar-refractivity contribution in [1.29, 1.82) is 0 Å². The summed E-state index contributed by atoms with van der Waals surface area (Å²) >= 11 is 0. The lowest BCUT2D eigenvalue weighted by molar-refractivity contribution is 0.762. The minimum absolute atomic E-state index is 0.556. The van der Waals surface area contributed by atoms with Crippen molar-refractivity contribution in [2.45, 2.75) is 27.2 Å². The van der Waals surface area contributed by atoms with E-state index in [-0.39, 0.29) is 0 Å². The van der Waals surface area contributed by atoms with Crippen LogP contribution in [-0.2, 0) is 6.42 Å². The van der Waals surface area contributed by atoms with Crippen molar-refractivity contribution in [1.82, 2.24) is 10.9 Å². The Bertz CT molecular complexity index is 1160. The minimum atomic E-state index is 0.556. The first-order valence-corrected chi connectivity index (χ1v) is 11.1. The summed E-state index contributed by atoms with van der Waals surface area (Å²) in [4.78, 5) is 6.82. The number of hydrogen-bond acceptors (Lipinski definition) is 6. The van der Waals surface area contributed by atoms with Gasteiger partial charge in [-0.15, -0.1) is 0 Å². The minimum Gasteiger partial charge on any atom is -0.399 e. The Morgan fingerprint density at radius 3 is 2.52 bits per heavy atom. The standard InChI is InChI=1S/C25H26N6.C2H6/c1-4-19-9-7-12-22(15-19)31-17(2)23-13-5-6-14-24(23)28-25(31)30-29-18(3)27-21-11-8-10-20(26)16-21;1-2/h5-16,27,29H,2-4,26H2,1H3,(H,28,30);1-2H3. The van der Waals surface area contributed by atoms with Crippen LogP contribution in [0.2, 0.25) is 0 Å². The first-order valence-electron chi connectivity index (χ1n) is 11.1. The zero-order valence-corrected chi connectivity index (χ0v) is 19.5. The van der Waals surface area contributed by atoms with E-state index in [2.05, 4.69) is 54.4 Å². The molecular weight excluding hydrogens is 408 g/mol. The molecule has 0 atom stereocenters. The Labute approximate surface area is 196 Å². The van der Waals surface area contributed by atoms with Crippen molar-refractivity contribution < 1.29 is 0 Å². The first-order chi connectivity index (χ1) is 16.0. The van der Waals surface area contributed by atoms with Crippen molar-refractivity contribution in [2.24, 2.45) is 4.99 Å². The Balaban J connectivity index is 0.00000149. The zero-order chi connectivity index (χ0) is 23.8. The third-order valence-electron chi connectivity index (χ3n) is 5.01. The van der Waals surface area contributed by atoms with Gasteiger partial charge >= 0.3 is 0 Å². The van der Waals surface area contributed by atoms with Crippen LogP contribution in [-0.4, -0.2) is 5.96 Å². The Morgan fingerprint density at radius 2 is 1.76 bits per heavy atom. The molecule has 0 unspecified atom stereocenters. The number of nitrogens with one attached hydrogen (secondary N) is 3. The summed E-state index contributed by atoms with van der Waals surface area (Å²) in [5, 5.41) is 3.18. The monoisotopic (exact) mass is 440 g/mol. The van der Waals surface area contributed by atoms with Crippen LogP contribution in [0.3, 0.4) is 0 Å². The van der Waals surface area contributed by atoms with Crippen molar-refractivity contribution in [2.75, 3.05) is 16.0 Å². The molecule has 170 valence electrons. The van der Waals surface area contributed by atoms with Gasteiger partial charge in [0.1, 0.15) is 5.82 Å². The predicted octanol–water partition coefficient (Wildman–Crippen LogP) is 6.01. The molecule has 6 nitrogen and oxygen atoms in total. The van der Waals surface area contributed by atoms with Gasteiger partial charge in [0.05, 0.1) is 11.4 Å². The van der Waals surface area contributed by atoms with Crippen molar-refractivity contribution >= 4 is 34.4 Å². The summed E-state index contributed by atoms with van der Waals surface area (Å²) < 4.78 is 0. The molecule has 0 aliphatic carbocycles. The van der Waals surface area contributed by atoms with E-state index in [9.17, 15) is 0 Å². The van der Waals surface area contributed by atoms with Gasteiger partial charge in [-0.05, 0) is 48.4 Å². The first kappa shape index (κ1) is 23.5. The lowest BCUT2D eigenvalue weighted by atomic mass is 10.1. The number of nitrogens with two attached hydrogens (primary N) is 1. The average Bonchev–Trinajstić information content (AvgIpc) is 2.84. The van der Waals surface area contributed by atoms with Crippen LogP contribution in [0.4, 0.5) is 22.7 Å². The Hall–Kier alpha value is -4.19. The highest BCUT2D eigenvalue weighted by atomic mass is 15.5. The molecule has 4 rings (SSSR count). The van der Waals surface area contributed by atoms with Crippen molar-refractivity contribution in [3.05, 3.63) is 103 Å². The summed E-state index contributed by atoms with van der Waals surface area (Å²) in [7, 11) is 0. The second-order valence-corrected chi connectivity index (χ2v) is 7.24. The number of nitrogens with zero attached hydrogens (tertiary/aromatic N) is 2. The summed E-state index contributed by atoms with van der Waals surface area (Å²) in [6, 6.07) is 23.8. The van der Waals surface area contributed by atoms with Crippen LogP contribution in [0.25, 0.3) is 5.70 Å². The van der Waals surface area contributed by atoms with Gasteiger partial charge in [-0.1, -0.05) is 70.3 Å². The number of nitrogen functional groups attached to an aromatic ring is 1. The lowest BCUT2D eigenvalue weighted by Crippen LogP contribution is -2.48. The van der Waals surface area contributed by atoms with Gasteiger partial charge in [0.15, 0.2) is 0 Å². The van der Waals surface area contributed by atoms with Crippen molar-refractivity contribution in [3.63, 3.8) is 0 Å². The van der Waals surface area contributed by atoms with Crippen LogP contribution in [0.15, 0.2) is 96.8 Å². The molecule has 0 aromatic heterocycles. The number of guanidine groups is 1. The molecule has 0 amide bonds. The van der Waals surface area contributed by atoms with Crippen LogP contribution in [0.1, 0.15) is 31.9 Å². The number of hydrazine groups is 1. The molecule has 33 heavy (non-hydrogen) atoms. The molecule has 5 N–H and O–H groups in total. The van der Waals surface area contributed by atoms with E-state index in [1.807, 2.05) is 73.3 Å². The second kappa shape index (κ2) is 10.9. The van der Waals surface area contributed by atoms with Gasteiger partial charge in [-0.3, -0.25) is 15.8 Å². The largest absolute Gasteiger partial charge is 0.399 e. The van der Waals surface area contributed by atoms with E-state index in [4.69, 9.17) is 10.7 Å². The van der Waals surface area contributed by atoms with E-state index < -0.39 is 0 Å². The molecule has 1 aliphatic heterocycles. The SMILES string of the molecule is C=C(NNC1=Nc2ccccc2C(=C)N1c1cccc(CC)c1)Nc1cccc(N)c1.CC. The predicted molar refractivity (Wildman–Crippen MR) is 142 cm³/mol. The fourth-order valence-corrected chi connectivity index (χ4v) is 3.46. The van der Waals surface area contributed by atoms with Gasteiger partial charge in [0.2, 0.25) is 5.96 Å². The molecule has 1 heterocycles. The van der Waals surface area contributed by atoms with E-state index >= 15 is 0 Å². The van der Waals surface area contributed by atoms with Crippen LogP contribution in [0, 0.1) is 0 Å². The van der Waals surface area contributed by atoms with Crippen LogP contribution >= 0.6 is 0 Å². The number of rotatable bonds is 6. The molecule has 0 saturated heterocycles. The third-order valence-corrected chi connectivity index (χ3v) is 5.01. The van der Waals surface area contributed by atoms with E-state index in [1.54, 1.807) is 0 Å². The van der Waals surface area contributed by atoms with Crippen LogP contribution in [0.5, 0.6) is 0 Å². The number of fused-ring (bicyclic) bond motifs is 1. The number of benzene rings is 3. The quantitative estimate of drug-likeness (QED) is 0.279. The smallest absolute Gasteiger partial charge is 0.227 e. The third kappa shape index (κ3) is 5.54. The lowest BCUT2D eigenvalue weighted by Gasteiger charge is -2.33. The summed E-state index contributed by atoms with van der Waals surface area (Å²) in [6.45, 7) is 14.5. The maximum absolute atomic E-state index is 5.85. The van der Waals surface area contributed by atoms with Gasteiger partial charge in [-0.2, -0.15) is 0 Å². The molecule has 0 spiro atoms. The molecule has 6 heteroatoms. The number of para-hydroxylation sites is 1. The molecule has 0 bridgehead atoms. The molecule has 3 aromatic rings. The van der Waals surface area contributed by atoms with Gasteiger partial charge in [0, 0.05) is 22.6 Å². The topological polar surface area (TPSA) is 77.7 Å². The second-order valence-electron chi connectivity index (χ2n) is 7.24. The van der Waals surface area contributed by atoms with Gasteiger partial charge in [-0.25, -0.2) is 4.99 Å². The molecule has 3 aromatic carbocycles. The van der Waals surface area contributed by atoms with Crippen molar-refractivity contribution in [3.8, 4) is 0 Å². The highest BCUT2D eigenvalue weighted by Crippen LogP contribution is 2.35.